The highest BCUT2D eigenvalue weighted by molar-refractivity contribution is 7.26. The molecule has 222 valence electrons. The van der Waals surface area contributed by atoms with Crippen LogP contribution in [0.1, 0.15) is 0 Å². The first-order chi connectivity index (χ1) is 23.8. The second kappa shape index (κ2) is 9.71. The van der Waals surface area contributed by atoms with Crippen molar-refractivity contribution < 1.29 is 0 Å². The van der Waals surface area contributed by atoms with Crippen molar-refractivity contribution in [1.82, 2.24) is 14.5 Å². The quantitative estimate of drug-likeness (QED) is 0.195. The fraction of sp³-hybridized carbons (Fsp3) is 0. The summed E-state index contributed by atoms with van der Waals surface area (Å²) in [6, 6.07) is 54.7. The van der Waals surface area contributed by atoms with E-state index in [-0.39, 0.29) is 0 Å². The molecule has 0 bridgehead atoms. The number of aromatic nitrogens is 3. The Morgan fingerprint density at radius 2 is 1.15 bits per heavy atom. The number of thiophene rings is 1. The van der Waals surface area contributed by atoms with Gasteiger partial charge in [0, 0.05) is 37.7 Å². The molecule has 48 heavy (non-hydrogen) atoms. The molecule has 0 N–H and O–H groups in total. The molecule has 0 saturated carbocycles. The summed E-state index contributed by atoms with van der Waals surface area (Å²) < 4.78 is 4.77. The van der Waals surface area contributed by atoms with Crippen molar-refractivity contribution >= 4 is 64.2 Å². The minimum atomic E-state index is 0.739. The van der Waals surface area contributed by atoms with Crippen LogP contribution in [0.2, 0.25) is 0 Å². The van der Waals surface area contributed by atoms with E-state index in [2.05, 4.69) is 156 Å². The minimum Gasteiger partial charge on any atom is -0.309 e. The molecule has 0 unspecified atom stereocenters. The zero-order valence-corrected chi connectivity index (χ0v) is 26.5. The zero-order valence-electron chi connectivity index (χ0n) is 25.7. The molecule has 3 nitrogen and oxygen atoms in total. The molecule has 1 aliphatic carbocycles. The molecule has 3 aromatic heterocycles. The lowest BCUT2D eigenvalue weighted by Crippen LogP contribution is -1.96. The van der Waals surface area contributed by atoms with Crippen molar-refractivity contribution in [2.24, 2.45) is 0 Å². The first-order valence-electron chi connectivity index (χ1n) is 16.3. The second-order valence-corrected chi connectivity index (χ2v) is 13.6. The number of fused-ring (bicyclic) bond motifs is 6. The van der Waals surface area contributed by atoms with Crippen LogP contribution in [0.3, 0.4) is 0 Å². The summed E-state index contributed by atoms with van der Waals surface area (Å²) >= 11 is 1.76. The van der Waals surface area contributed by atoms with Gasteiger partial charge in [0.15, 0.2) is 5.82 Å². The standard InChI is InChI=1S/C44H25N3S/c1-2-10-27(11-3-1)41-43-42(34-15-6-7-19-37(34)48-43)46-44(45-41)28-20-23-29(24-21-28)47-35-18-9-17-33-31-14-5-4-13-30(31)32-16-8-12-26-22-25-36(47)40(38(26)32)39(33)35/h1-25H. The summed E-state index contributed by atoms with van der Waals surface area (Å²) in [5.41, 5.74) is 12.8. The van der Waals surface area contributed by atoms with Gasteiger partial charge in [-0.1, -0.05) is 109 Å². The van der Waals surface area contributed by atoms with Crippen LogP contribution >= 0.6 is 11.3 Å². The molecule has 0 atom stereocenters. The fourth-order valence-electron chi connectivity index (χ4n) is 7.88. The highest BCUT2D eigenvalue weighted by Crippen LogP contribution is 2.49. The van der Waals surface area contributed by atoms with E-state index in [4.69, 9.17) is 9.97 Å². The van der Waals surface area contributed by atoms with E-state index >= 15 is 0 Å². The van der Waals surface area contributed by atoms with Crippen LogP contribution in [-0.4, -0.2) is 14.5 Å². The van der Waals surface area contributed by atoms with E-state index in [9.17, 15) is 0 Å². The average Bonchev–Trinajstić information content (AvgIpc) is 3.67. The highest BCUT2D eigenvalue weighted by atomic mass is 32.1. The van der Waals surface area contributed by atoms with Crippen LogP contribution in [0.25, 0.3) is 103 Å². The lowest BCUT2D eigenvalue weighted by molar-refractivity contribution is 1.18. The van der Waals surface area contributed by atoms with Crippen LogP contribution in [0.15, 0.2) is 152 Å². The number of rotatable bonds is 3. The van der Waals surface area contributed by atoms with E-state index < -0.39 is 0 Å². The van der Waals surface area contributed by atoms with E-state index in [1.807, 2.05) is 0 Å². The predicted octanol–water partition coefficient (Wildman–Crippen LogP) is 12.1. The Morgan fingerprint density at radius 3 is 1.98 bits per heavy atom. The van der Waals surface area contributed by atoms with E-state index in [0.717, 1.165) is 38.5 Å². The van der Waals surface area contributed by atoms with Crippen molar-refractivity contribution in [3.63, 3.8) is 0 Å². The van der Waals surface area contributed by atoms with Gasteiger partial charge in [-0.15, -0.1) is 11.3 Å². The van der Waals surface area contributed by atoms with Crippen LogP contribution in [0.4, 0.5) is 0 Å². The van der Waals surface area contributed by atoms with E-state index in [0.29, 0.717) is 0 Å². The summed E-state index contributed by atoms with van der Waals surface area (Å²) in [7, 11) is 0. The molecule has 3 heterocycles. The summed E-state index contributed by atoms with van der Waals surface area (Å²) in [5.74, 6) is 0.739. The topological polar surface area (TPSA) is 30.7 Å². The lowest BCUT2D eigenvalue weighted by atomic mass is 9.93. The SMILES string of the molecule is c1ccc(-c2nc(-c3ccc(-n4c5cccc6c5c5c7c(cccc7ccc54)-c4ccccc4-6)cc3)nc3c2sc2ccccc23)cc1. The third-order valence-electron chi connectivity index (χ3n) is 9.96. The monoisotopic (exact) mass is 627 g/mol. The molecule has 4 heteroatoms. The minimum absolute atomic E-state index is 0.739. The summed E-state index contributed by atoms with van der Waals surface area (Å²) in [6.07, 6.45) is 0. The number of hydrogen-bond donors (Lipinski definition) is 0. The Hall–Kier alpha value is -6.10. The molecule has 0 spiro atoms. The van der Waals surface area contributed by atoms with Crippen molar-refractivity contribution in [3.8, 4) is 50.6 Å². The molecular formula is C44H25N3S. The molecular weight excluding hydrogens is 603 g/mol. The van der Waals surface area contributed by atoms with Gasteiger partial charge in [-0.05, 0) is 75.5 Å². The third-order valence-corrected chi connectivity index (χ3v) is 11.1. The number of hydrogen-bond acceptors (Lipinski definition) is 3. The van der Waals surface area contributed by atoms with Gasteiger partial charge in [-0.25, -0.2) is 9.97 Å². The average molecular weight is 628 g/mol. The molecule has 0 saturated heterocycles. The normalized spacial score (nSPS) is 12.2. The molecule has 1 aliphatic rings. The van der Waals surface area contributed by atoms with Crippen molar-refractivity contribution in [2.75, 3.05) is 0 Å². The molecule has 0 aliphatic heterocycles. The summed E-state index contributed by atoms with van der Waals surface area (Å²) in [4.78, 5) is 10.4. The maximum Gasteiger partial charge on any atom is 0.160 e. The number of benzene rings is 7. The Morgan fingerprint density at radius 1 is 0.458 bits per heavy atom. The largest absolute Gasteiger partial charge is 0.309 e. The van der Waals surface area contributed by atoms with Crippen LogP contribution < -0.4 is 0 Å². The summed E-state index contributed by atoms with van der Waals surface area (Å²) in [6.45, 7) is 0. The van der Waals surface area contributed by atoms with Gasteiger partial charge in [0.05, 0.1) is 26.9 Å². The second-order valence-electron chi connectivity index (χ2n) is 12.5. The molecule has 10 aromatic rings. The van der Waals surface area contributed by atoms with Crippen molar-refractivity contribution in [2.45, 2.75) is 0 Å². The Labute approximate surface area is 280 Å². The maximum absolute atomic E-state index is 5.21. The third kappa shape index (κ3) is 3.52. The molecule has 0 amide bonds. The van der Waals surface area contributed by atoms with Gasteiger partial charge in [-0.3, -0.25) is 0 Å². The van der Waals surface area contributed by atoms with Gasteiger partial charge < -0.3 is 4.57 Å². The Balaban J connectivity index is 1.14. The van der Waals surface area contributed by atoms with Crippen LogP contribution in [0, 0.1) is 0 Å². The molecule has 7 aromatic carbocycles. The highest BCUT2D eigenvalue weighted by Gasteiger charge is 2.24. The van der Waals surface area contributed by atoms with Gasteiger partial charge in [0.25, 0.3) is 0 Å². The smallest absolute Gasteiger partial charge is 0.160 e. The summed E-state index contributed by atoms with van der Waals surface area (Å²) in [5, 5.41) is 6.39. The van der Waals surface area contributed by atoms with Gasteiger partial charge in [0.2, 0.25) is 0 Å². The predicted molar refractivity (Wildman–Crippen MR) is 202 cm³/mol. The van der Waals surface area contributed by atoms with E-state index in [1.165, 1.54) is 64.9 Å². The van der Waals surface area contributed by atoms with Gasteiger partial charge in [0.1, 0.15) is 0 Å². The van der Waals surface area contributed by atoms with E-state index in [1.54, 1.807) is 11.3 Å². The fourth-order valence-corrected chi connectivity index (χ4v) is 9.03. The van der Waals surface area contributed by atoms with Crippen LogP contribution in [0.5, 0.6) is 0 Å². The maximum atomic E-state index is 5.21. The first-order valence-corrected chi connectivity index (χ1v) is 17.1. The zero-order chi connectivity index (χ0) is 31.3. The molecule has 0 radical (unpaired) electrons. The van der Waals surface area contributed by atoms with Crippen molar-refractivity contribution in [1.29, 1.82) is 0 Å². The van der Waals surface area contributed by atoms with Gasteiger partial charge in [-0.2, -0.15) is 0 Å². The molecule has 0 fully saturated rings. The first kappa shape index (κ1) is 26.0. The van der Waals surface area contributed by atoms with Crippen molar-refractivity contribution in [3.05, 3.63) is 152 Å². The Kier molecular flexibility index (Phi) is 5.26. The van der Waals surface area contributed by atoms with Gasteiger partial charge >= 0.3 is 0 Å². The molecule has 11 rings (SSSR count). The lowest BCUT2D eigenvalue weighted by Gasteiger charge is -2.14. The number of nitrogens with zero attached hydrogens (tertiary/aromatic N) is 3. The Bertz CT molecular complexity index is 2930. The van der Waals surface area contributed by atoms with Crippen LogP contribution in [-0.2, 0) is 0 Å².